The molecule has 0 heterocycles. The van der Waals surface area contributed by atoms with Gasteiger partial charge in [0.2, 0.25) is 0 Å². The molecule has 0 spiro atoms. The normalized spacial score (nSPS) is 11.6. The van der Waals surface area contributed by atoms with E-state index in [1.807, 2.05) is 60.7 Å². The number of benzene rings is 2. The first-order chi connectivity index (χ1) is 13.4. The number of hydrogen-bond donors (Lipinski definition) is 5. The maximum Gasteiger partial charge on any atom is 0.472 e. The monoisotopic (exact) mass is 414 g/mol. The lowest BCUT2D eigenvalue weighted by Gasteiger charge is -2.23. The summed E-state index contributed by atoms with van der Waals surface area (Å²) in [5, 5.41) is 34.0. The van der Waals surface area contributed by atoms with Crippen LogP contribution >= 0.6 is 7.82 Å². The molecule has 0 aromatic heterocycles. The van der Waals surface area contributed by atoms with Crippen LogP contribution in [-0.4, -0.2) is 51.7 Å². The fourth-order valence-corrected chi connectivity index (χ4v) is 2.50. The van der Waals surface area contributed by atoms with Gasteiger partial charge in [-0.2, -0.15) is 0 Å². The molecule has 2 aromatic rings. The molecule has 0 radical (unpaired) electrons. The Bertz CT molecular complexity index is 627. The summed E-state index contributed by atoms with van der Waals surface area (Å²) in [6.45, 7) is -1.53. The van der Waals surface area contributed by atoms with Gasteiger partial charge in [-0.15, -0.1) is 0 Å². The smallest absolute Gasteiger partial charge is 0.396 e. The van der Waals surface area contributed by atoms with Crippen LogP contribution < -0.4 is 0 Å². The van der Waals surface area contributed by atoms with Gasteiger partial charge in [-0.3, -0.25) is 9.05 Å². The summed E-state index contributed by atoms with van der Waals surface area (Å²) in [4.78, 5) is 9.55. The second-order valence-corrected chi connectivity index (χ2v) is 7.57. The molecule has 8 nitrogen and oxygen atoms in total. The van der Waals surface area contributed by atoms with Crippen molar-refractivity contribution in [2.24, 2.45) is 5.41 Å². The van der Waals surface area contributed by atoms with Gasteiger partial charge in [-0.25, -0.2) is 4.57 Å². The van der Waals surface area contributed by atoms with E-state index < -0.39 is 39.7 Å². The molecule has 0 fully saturated rings. The lowest BCUT2D eigenvalue weighted by atomic mass is 9.93. The molecule has 28 heavy (non-hydrogen) atoms. The van der Waals surface area contributed by atoms with E-state index >= 15 is 0 Å². The Kier molecular flexibility index (Phi) is 11.1. The number of rotatable bonds is 10. The minimum Gasteiger partial charge on any atom is -0.396 e. The molecule has 0 saturated carbocycles. The Labute approximate surface area is 164 Å². The summed E-state index contributed by atoms with van der Waals surface area (Å²) in [7, 11) is -4.02. The van der Waals surface area contributed by atoms with Crippen LogP contribution in [0, 0.1) is 5.41 Å². The van der Waals surface area contributed by atoms with Crippen molar-refractivity contribution in [1.82, 2.24) is 0 Å². The highest BCUT2D eigenvalue weighted by molar-refractivity contribution is 7.47. The molecule has 156 valence electrons. The third kappa shape index (κ3) is 9.05. The third-order valence-corrected chi connectivity index (χ3v) is 4.73. The molecule has 5 N–H and O–H groups in total. The molecule has 0 saturated heterocycles. The number of hydrogen-bond acceptors (Lipinski definition) is 7. The van der Waals surface area contributed by atoms with Crippen molar-refractivity contribution < 1.29 is 38.9 Å². The maximum absolute atomic E-state index is 11.7. The highest BCUT2D eigenvalue weighted by atomic mass is 31.2. The SMILES string of the molecule is O=P(O)(OCc1ccccc1)OCc1ccccc1.OCC(CO)(CO)CO. The molecular formula is C19H27O8P. The molecule has 2 aromatic carbocycles. The molecule has 2 rings (SSSR count). The lowest BCUT2D eigenvalue weighted by molar-refractivity contribution is -0.0328. The zero-order chi connectivity index (χ0) is 20.9. The minimum absolute atomic E-state index is 0.0450. The fraction of sp³-hybridized carbons (Fsp3) is 0.368. The van der Waals surface area contributed by atoms with Crippen molar-refractivity contribution in [2.75, 3.05) is 26.4 Å². The van der Waals surface area contributed by atoms with Crippen LogP contribution in [0.2, 0.25) is 0 Å². The van der Waals surface area contributed by atoms with Crippen LogP contribution in [0.4, 0.5) is 0 Å². The van der Waals surface area contributed by atoms with Crippen LogP contribution in [0.3, 0.4) is 0 Å². The van der Waals surface area contributed by atoms with Gasteiger partial charge < -0.3 is 25.3 Å². The Hall–Kier alpha value is -1.61. The maximum atomic E-state index is 11.7. The number of phosphoric acid groups is 1. The van der Waals surface area contributed by atoms with Gasteiger partial charge in [0.25, 0.3) is 0 Å². The number of phosphoric ester groups is 1. The Morgan fingerprint density at radius 1 is 0.679 bits per heavy atom. The summed E-state index contributed by atoms with van der Waals surface area (Å²) >= 11 is 0. The minimum atomic E-state index is -4.02. The van der Waals surface area contributed by atoms with Gasteiger partial charge in [0, 0.05) is 0 Å². The molecule has 0 aliphatic rings. The first-order valence-corrected chi connectivity index (χ1v) is 10.0. The van der Waals surface area contributed by atoms with E-state index in [9.17, 15) is 9.46 Å². The van der Waals surface area contributed by atoms with E-state index in [0.29, 0.717) is 0 Å². The van der Waals surface area contributed by atoms with Gasteiger partial charge in [-0.05, 0) is 11.1 Å². The molecule has 0 bridgehead atoms. The van der Waals surface area contributed by atoms with Crippen LogP contribution in [0.1, 0.15) is 11.1 Å². The third-order valence-electron chi connectivity index (χ3n) is 3.82. The Balaban J connectivity index is 0.000000370. The summed E-state index contributed by atoms with van der Waals surface area (Å²) < 4.78 is 21.5. The zero-order valence-corrected chi connectivity index (χ0v) is 16.3. The van der Waals surface area contributed by atoms with Crippen molar-refractivity contribution in [3.05, 3.63) is 71.8 Å². The average molecular weight is 414 g/mol. The van der Waals surface area contributed by atoms with Gasteiger partial charge in [0.15, 0.2) is 0 Å². The second kappa shape index (κ2) is 12.8. The summed E-state index contributed by atoms with van der Waals surface area (Å²) in [6.07, 6.45) is 0. The highest BCUT2D eigenvalue weighted by Crippen LogP contribution is 2.44. The Morgan fingerprint density at radius 2 is 1.00 bits per heavy atom. The summed E-state index contributed by atoms with van der Waals surface area (Å²) in [5.74, 6) is 0. The topological polar surface area (TPSA) is 137 Å². The van der Waals surface area contributed by atoms with Gasteiger partial charge in [-0.1, -0.05) is 60.7 Å². The van der Waals surface area contributed by atoms with E-state index in [2.05, 4.69) is 0 Å². The molecule has 0 unspecified atom stereocenters. The number of aliphatic hydroxyl groups excluding tert-OH is 4. The van der Waals surface area contributed by atoms with Crippen molar-refractivity contribution in [2.45, 2.75) is 13.2 Å². The van der Waals surface area contributed by atoms with Gasteiger partial charge in [0.05, 0.1) is 45.1 Å². The summed E-state index contributed by atoms with van der Waals surface area (Å²) in [5.41, 5.74) is 0.528. The zero-order valence-electron chi connectivity index (χ0n) is 15.4. The lowest BCUT2D eigenvalue weighted by Crippen LogP contribution is -2.37. The van der Waals surface area contributed by atoms with Gasteiger partial charge in [0.1, 0.15) is 0 Å². The van der Waals surface area contributed by atoms with E-state index in [1.54, 1.807) is 0 Å². The predicted octanol–water partition coefficient (Wildman–Crippen LogP) is 1.46. The van der Waals surface area contributed by atoms with E-state index in [1.165, 1.54) is 0 Å². The molecule has 0 atom stereocenters. The number of aliphatic hydroxyl groups is 4. The van der Waals surface area contributed by atoms with Crippen LogP contribution in [0.25, 0.3) is 0 Å². The summed E-state index contributed by atoms with van der Waals surface area (Å²) in [6, 6.07) is 18.4. The first-order valence-electron chi connectivity index (χ1n) is 8.53. The largest absolute Gasteiger partial charge is 0.472 e. The highest BCUT2D eigenvalue weighted by Gasteiger charge is 2.26. The van der Waals surface area contributed by atoms with Crippen molar-refractivity contribution in [3.63, 3.8) is 0 Å². The van der Waals surface area contributed by atoms with Crippen molar-refractivity contribution in [1.29, 1.82) is 0 Å². The molecular weight excluding hydrogens is 387 g/mol. The standard InChI is InChI=1S/C14H15O4P.C5H12O4/c15-19(16,17-11-13-7-3-1-4-8-13)18-12-14-9-5-2-6-10-14;6-1-5(2-7,3-8)4-9/h1-10H,11-12H2,(H,15,16);6-9H,1-4H2. The first kappa shape index (κ1) is 24.4. The molecule has 0 amide bonds. The molecule has 9 heteroatoms. The van der Waals surface area contributed by atoms with Crippen LogP contribution in [-0.2, 0) is 26.8 Å². The quantitative estimate of drug-likeness (QED) is 0.369. The van der Waals surface area contributed by atoms with E-state index in [0.717, 1.165) is 11.1 Å². The second-order valence-electron chi connectivity index (χ2n) is 6.12. The van der Waals surface area contributed by atoms with Crippen LogP contribution in [0.5, 0.6) is 0 Å². The average Bonchev–Trinajstić information content (AvgIpc) is 2.75. The molecule has 0 aliphatic carbocycles. The van der Waals surface area contributed by atoms with E-state index in [4.69, 9.17) is 29.5 Å². The van der Waals surface area contributed by atoms with Crippen molar-refractivity contribution >= 4 is 7.82 Å². The van der Waals surface area contributed by atoms with E-state index in [-0.39, 0.29) is 13.2 Å². The predicted molar refractivity (Wildman–Crippen MR) is 103 cm³/mol. The Morgan fingerprint density at radius 3 is 1.25 bits per heavy atom. The van der Waals surface area contributed by atoms with Crippen LogP contribution in [0.15, 0.2) is 60.7 Å². The fourth-order valence-electron chi connectivity index (χ4n) is 1.80. The van der Waals surface area contributed by atoms with Gasteiger partial charge >= 0.3 is 7.82 Å². The molecule has 0 aliphatic heterocycles. The van der Waals surface area contributed by atoms with Crippen molar-refractivity contribution in [3.8, 4) is 0 Å².